The Morgan fingerprint density at radius 3 is 2.68 bits per heavy atom. The van der Waals surface area contributed by atoms with Gasteiger partial charge in [0.15, 0.2) is 11.4 Å². The standard InChI is InChI=1S/C21H21NO3/c1-4-11-22-18-8-6-5-7-17(18)21(25,20(22)24)13-19(23)16-12-14(2)9-10-15(16)3/h4-10,12,25H,1,11,13H2,2-3H3/t21-/m1/s1. The van der Waals surface area contributed by atoms with E-state index >= 15 is 0 Å². The first-order chi connectivity index (χ1) is 11.9. The summed E-state index contributed by atoms with van der Waals surface area (Å²) in [4.78, 5) is 27.2. The number of carbonyl (C=O) groups excluding carboxylic acids is 2. The molecule has 1 N–H and O–H groups in total. The van der Waals surface area contributed by atoms with Crippen molar-refractivity contribution < 1.29 is 14.7 Å². The largest absolute Gasteiger partial charge is 0.375 e. The Labute approximate surface area is 147 Å². The molecule has 1 aliphatic rings. The molecule has 1 aliphatic heterocycles. The van der Waals surface area contributed by atoms with Crippen molar-refractivity contribution in [2.45, 2.75) is 25.9 Å². The molecule has 0 unspecified atom stereocenters. The number of hydrogen-bond donors (Lipinski definition) is 1. The van der Waals surface area contributed by atoms with E-state index in [0.29, 0.717) is 16.8 Å². The van der Waals surface area contributed by atoms with Crippen LogP contribution in [0.4, 0.5) is 5.69 Å². The number of aliphatic hydroxyl groups is 1. The van der Waals surface area contributed by atoms with Gasteiger partial charge in [0.1, 0.15) is 0 Å². The van der Waals surface area contributed by atoms with Crippen LogP contribution in [-0.4, -0.2) is 23.3 Å². The Bertz CT molecular complexity index is 871. The summed E-state index contributed by atoms with van der Waals surface area (Å²) in [5.74, 6) is -0.723. The molecule has 0 radical (unpaired) electrons. The van der Waals surface area contributed by atoms with E-state index in [1.54, 1.807) is 36.4 Å². The highest BCUT2D eigenvalue weighted by atomic mass is 16.3. The molecule has 4 heteroatoms. The van der Waals surface area contributed by atoms with Crippen LogP contribution >= 0.6 is 0 Å². The fourth-order valence-electron chi connectivity index (χ4n) is 3.35. The van der Waals surface area contributed by atoms with Gasteiger partial charge in [-0.05, 0) is 31.5 Å². The summed E-state index contributed by atoms with van der Waals surface area (Å²) in [7, 11) is 0. The Hall–Kier alpha value is -2.72. The molecule has 128 valence electrons. The maximum Gasteiger partial charge on any atom is 0.264 e. The molecule has 0 saturated heterocycles. The molecule has 2 aromatic carbocycles. The lowest BCUT2D eigenvalue weighted by atomic mass is 9.87. The van der Waals surface area contributed by atoms with Crippen molar-refractivity contribution in [3.8, 4) is 0 Å². The minimum absolute atomic E-state index is 0.243. The molecule has 0 aromatic heterocycles. The van der Waals surface area contributed by atoms with Gasteiger partial charge in [-0.3, -0.25) is 9.59 Å². The molecule has 0 fully saturated rings. The molecule has 0 bridgehead atoms. The Morgan fingerprint density at radius 2 is 1.96 bits per heavy atom. The number of carbonyl (C=O) groups is 2. The summed E-state index contributed by atoms with van der Waals surface area (Å²) in [6.07, 6.45) is 1.33. The minimum Gasteiger partial charge on any atom is -0.375 e. The summed E-state index contributed by atoms with van der Waals surface area (Å²) < 4.78 is 0. The quantitative estimate of drug-likeness (QED) is 0.674. The first kappa shape index (κ1) is 17.1. The molecule has 0 saturated carbocycles. The average Bonchev–Trinajstić information content (AvgIpc) is 2.80. The van der Waals surface area contributed by atoms with Crippen LogP contribution in [0.3, 0.4) is 0 Å². The fraction of sp³-hybridized carbons (Fsp3) is 0.238. The molecule has 2 aromatic rings. The number of aryl methyl sites for hydroxylation is 2. The van der Waals surface area contributed by atoms with E-state index in [-0.39, 0.29) is 18.7 Å². The zero-order valence-corrected chi connectivity index (χ0v) is 14.5. The van der Waals surface area contributed by atoms with Crippen LogP contribution in [0.2, 0.25) is 0 Å². The molecule has 4 nitrogen and oxygen atoms in total. The number of benzene rings is 2. The number of amides is 1. The van der Waals surface area contributed by atoms with E-state index in [4.69, 9.17) is 0 Å². The van der Waals surface area contributed by atoms with Crippen molar-refractivity contribution in [3.63, 3.8) is 0 Å². The van der Waals surface area contributed by atoms with Crippen LogP contribution in [0.5, 0.6) is 0 Å². The Kier molecular flexibility index (Phi) is 4.31. The van der Waals surface area contributed by atoms with Gasteiger partial charge in [-0.15, -0.1) is 6.58 Å². The van der Waals surface area contributed by atoms with Gasteiger partial charge >= 0.3 is 0 Å². The van der Waals surface area contributed by atoms with Gasteiger partial charge < -0.3 is 10.0 Å². The minimum atomic E-state index is -1.84. The summed E-state index contributed by atoms with van der Waals surface area (Å²) in [6.45, 7) is 7.72. The SMILES string of the molecule is C=CCN1C(=O)[C@@](O)(CC(=O)c2cc(C)ccc2C)c2ccccc21. The van der Waals surface area contributed by atoms with Crippen LogP contribution < -0.4 is 4.90 Å². The lowest BCUT2D eigenvalue weighted by molar-refractivity contribution is -0.135. The predicted molar refractivity (Wildman–Crippen MR) is 97.8 cm³/mol. The smallest absolute Gasteiger partial charge is 0.264 e. The van der Waals surface area contributed by atoms with E-state index in [1.807, 2.05) is 26.0 Å². The zero-order valence-electron chi connectivity index (χ0n) is 14.5. The number of ketones is 1. The van der Waals surface area contributed by atoms with Gasteiger partial charge in [-0.25, -0.2) is 0 Å². The summed E-state index contributed by atoms with van der Waals surface area (Å²) >= 11 is 0. The molecule has 1 atom stereocenters. The lowest BCUT2D eigenvalue weighted by Crippen LogP contribution is -2.42. The van der Waals surface area contributed by atoms with E-state index in [0.717, 1.165) is 11.1 Å². The van der Waals surface area contributed by atoms with Crippen LogP contribution in [0.15, 0.2) is 55.1 Å². The first-order valence-corrected chi connectivity index (χ1v) is 8.23. The van der Waals surface area contributed by atoms with E-state index in [9.17, 15) is 14.7 Å². The highest BCUT2D eigenvalue weighted by Crippen LogP contribution is 2.42. The van der Waals surface area contributed by atoms with Crippen molar-refractivity contribution in [2.24, 2.45) is 0 Å². The molecule has 1 amide bonds. The highest BCUT2D eigenvalue weighted by molar-refractivity contribution is 6.11. The maximum absolute atomic E-state index is 12.9. The number of hydrogen-bond acceptors (Lipinski definition) is 3. The Balaban J connectivity index is 2.01. The number of anilines is 1. The highest BCUT2D eigenvalue weighted by Gasteiger charge is 2.50. The second kappa shape index (κ2) is 6.30. The number of Topliss-reactive ketones (excluding diaryl/α,β-unsaturated/α-hetero) is 1. The van der Waals surface area contributed by atoms with Gasteiger partial charge in [-0.1, -0.05) is 42.0 Å². The molecule has 3 rings (SSSR count). The van der Waals surface area contributed by atoms with Crippen LogP contribution in [0, 0.1) is 13.8 Å². The average molecular weight is 335 g/mol. The van der Waals surface area contributed by atoms with Crippen molar-refractivity contribution in [1.82, 2.24) is 0 Å². The first-order valence-electron chi connectivity index (χ1n) is 8.23. The number of para-hydroxylation sites is 1. The molecule has 1 heterocycles. The van der Waals surface area contributed by atoms with E-state index in [2.05, 4.69) is 6.58 Å². The van der Waals surface area contributed by atoms with Gasteiger partial charge in [0, 0.05) is 17.7 Å². The second-order valence-corrected chi connectivity index (χ2v) is 6.50. The van der Waals surface area contributed by atoms with Gasteiger partial charge in [-0.2, -0.15) is 0 Å². The molecule has 0 aliphatic carbocycles. The number of nitrogens with zero attached hydrogens (tertiary/aromatic N) is 1. The lowest BCUT2D eigenvalue weighted by Gasteiger charge is -2.22. The molecule has 25 heavy (non-hydrogen) atoms. The van der Waals surface area contributed by atoms with Gasteiger partial charge in [0.25, 0.3) is 5.91 Å². The number of fused-ring (bicyclic) bond motifs is 1. The summed E-state index contributed by atoms with van der Waals surface area (Å²) in [6, 6.07) is 12.7. The van der Waals surface area contributed by atoms with Crippen molar-refractivity contribution in [2.75, 3.05) is 11.4 Å². The molecule has 0 spiro atoms. The zero-order chi connectivity index (χ0) is 18.2. The van der Waals surface area contributed by atoms with E-state index in [1.165, 1.54) is 4.90 Å². The third kappa shape index (κ3) is 2.79. The van der Waals surface area contributed by atoms with Gasteiger partial charge in [0.2, 0.25) is 0 Å². The maximum atomic E-state index is 12.9. The topological polar surface area (TPSA) is 57.6 Å². The third-order valence-corrected chi connectivity index (χ3v) is 4.66. The van der Waals surface area contributed by atoms with Crippen LogP contribution in [0.1, 0.15) is 33.5 Å². The molecular weight excluding hydrogens is 314 g/mol. The van der Waals surface area contributed by atoms with E-state index < -0.39 is 11.5 Å². The number of rotatable bonds is 5. The fourth-order valence-corrected chi connectivity index (χ4v) is 3.35. The third-order valence-electron chi connectivity index (χ3n) is 4.66. The predicted octanol–water partition coefficient (Wildman–Crippen LogP) is 3.30. The normalized spacial score (nSPS) is 19.0. The van der Waals surface area contributed by atoms with Crippen LogP contribution in [0.25, 0.3) is 0 Å². The van der Waals surface area contributed by atoms with Gasteiger partial charge in [0.05, 0.1) is 12.1 Å². The van der Waals surface area contributed by atoms with Crippen molar-refractivity contribution in [1.29, 1.82) is 0 Å². The molecular formula is C21H21NO3. The summed E-state index contributed by atoms with van der Waals surface area (Å²) in [5, 5.41) is 11.2. The van der Waals surface area contributed by atoms with Crippen LogP contribution in [-0.2, 0) is 10.4 Å². The van der Waals surface area contributed by atoms with Crippen molar-refractivity contribution >= 4 is 17.4 Å². The summed E-state index contributed by atoms with van der Waals surface area (Å²) in [5.41, 5.74) is 1.60. The Morgan fingerprint density at radius 1 is 1.24 bits per heavy atom. The second-order valence-electron chi connectivity index (χ2n) is 6.50. The monoisotopic (exact) mass is 335 g/mol. The van der Waals surface area contributed by atoms with Crippen molar-refractivity contribution in [3.05, 3.63) is 77.4 Å².